The first-order chi connectivity index (χ1) is 18.2. The maximum atomic E-state index is 12.9. The van der Waals surface area contributed by atoms with Crippen LogP contribution in [0, 0.1) is 23.7 Å². The molecule has 0 aliphatic carbocycles. The van der Waals surface area contributed by atoms with Gasteiger partial charge in [-0.1, -0.05) is 33.8 Å². The number of ether oxygens (including phenoxy) is 4. The van der Waals surface area contributed by atoms with Gasteiger partial charge < -0.3 is 35.1 Å². The van der Waals surface area contributed by atoms with Gasteiger partial charge in [-0.15, -0.1) is 0 Å². The molecule has 38 heavy (non-hydrogen) atoms. The van der Waals surface area contributed by atoms with Crippen LogP contribution in [0.5, 0.6) is 11.5 Å². The zero-order valence-corrected chi connectivity index (χ0v) is 24.4. The Labute approximate surface area is 229 Å². The van der Waals surface area contributed by atoms with Crippen molar-refractivity contribution in [3.05, 3.63) is 23.8 Å². The SMILES string of the molecule is COCCCOc1cc(C[C@@H](C[C@H](N)[C@@H](O)C[C@H](C(=O)NC[C@@H]2CCCO2)C(C)C)C(C)C)ccc1OC. The quantitative estimate of drug-likeness (QED) is 0.244. The summed E-state index contributed by atoms with van der Waals surface area (Å²) in [5, 5.41) is 14.1. The van der Waals surface area contributed by atoms with Gasteiger partial charge in [-0.3, -0.25) is 4.79 Å². The number of amides is 1. The summed E-state index contributed by atoms with van der Waals surface area (Å²) >= 11 is 0. The van der Waals surface area contributed by atoms with Gasteiger partial charge in [0, 0.05) is 45.2 Å². The van der Waals surface area contributed by atoms with Gasteiger partial charge in [0.1, 0.15) is 0 Å². The van der Waals surface area contributed by atoms with E-state index in [2.05, 4.69) is 25.2 Å². The van der Waals surface area contributed by atoms with Crippen molar-refractivity contribution in [2.24, 2.45) is 29.4 Å². The molecule has 5 atom stereocenters. The molecule has 1 aliphatic heterocycles. The van der Waals surface area contributed by atoms with Gasteiger partial charge in [0.15, 0.2) is 11.5 Å². The average molecular weight is 537 g/mol. The van der Waals surface area contributed by atoms with E-state index in [4.69, 9.17) is 24.7 Å². The Morgan fingerprint density at radius 3 is 2.50 bits per heavy atom. The Balaban J connectivity index is 1.97. The molecular formula is C30H52N2O6. The highest BCUT2D eigenvalue weighted by Gasteiger charge is 2.30. The van der Waals surface area contributed by atoms with Gasteiger partial charge in [-0.2, -0.15) is 0 Å². The zero-order valence-electron chi connectivity index (χ0n) is 24.4. The highest BCUT2D eigenvalue weighted by Crippen LogP contribution is 2.31. The molecule has 8 heteroatoms. The van der Waals surface area contributed by atoms with Gasteiger partial charge in [0.2, 0.25) is 5.91 Å². The molecule has 0 unspecified atom stereocenters. The zero-order chi connectivity index (χ0) is 28.1. The second-order valence-electron chi connectivity index (χ2n) is 11.3. The molecule has 0 spiro atoms. The van der Waals surface area contributed by atoms with Gasteiger partial charge >= 0.3 is 0 Å². The summed E-state index contributed by atoms with van der Waals surface area (Å²) in [6, 6.07) is 5.62. The highest BCUT2D eigenvalue weighted by molar-refractivity contribution is 5.78. The van der Waals surface area contributed by atoms with Crippen molar-refractivity contribution in [1.29, 1.82) is 0 Å². The summed E-state index contributed by atoms with van der Waals surface area (Å²) in [4.78, 5) is 12.9. The molecule has 0 saturated carbocycles. The molecule has 1 amide bonds. The van der Waals surface area contributed by atoms with Crippen LogP contribution in [0.3, 0.4) is 0 Å². The van der Waals surface area contributed by atoms with Gasteiger partial charge in [0.05, 0.1) is 25.9 Å². The number of carbonyl (C=O) groups is 1. The van der Waals surface area contributed by atoms with E-state index in [9.17, 15) is 9.90 Å². The van der Waals surface area contributed by atoms with E-state index in [1.807, 2.05) is 26.0 Å². The molecule has 1 heterocycles. The number of rotatable bonds is 18. The molecule has 4 N–H and O–H groups in total. The monoisotopic (exact) mass is 536 g/mol. The lowest BCUT2D eigenvalue weighted by molar-refractivity contribution is -0.128. The molecule has 1 aromatic rings. The molecule has 218 valence electrons. The lowest BCUT2D eigenvalue weighted by Gasteiger charge is -2.30. The molecule has 1 aliphatic rings. The number of nitrogens with one attached hydrogen (secondary N) is 1. The smallest absolute Gasteiger partial charge is 0.223 e. The van der Waals surface area contributed by atoms with Crippen LogP contribution in [-0.2, 0) is 20.7 Å². The number of benzene rings is 1. The first-order valence-electron chi connectivity index (χ1n) is 14.3. The minimum absolute atomic E-state index is 0.0292. The third kappa shape index (κ3) is 10.7. The number of hydrogen-bond donors (Lipinski definition) is 3. The standard InChI is InChI=1S/C30H52N2O6/c1-20(2)23(15-22-10-11-28(36-6)29(16-22)38-14-8-12-35-5)17-26(31)27(33)18-25(21(3)4)30(34)32-19-24-9-7-13-37-24/h10-11,16,20-21,23-27,33H,7-9,12-15,17-19,31H2,1-6H3,(H,32,34)/t23-,24-,25-,26-,27-/m0/s1. The summed E-state index contributed by atoms with van der Waals surface area (Å²) in [5.74, 6) is 1.84. The van der Waals surface area contributed by atoms with Crippen LogP contribution >= 0.6 is 0 Å². The van der Waals surface area contributed by atoms with Crippen molar-refractivity contribution in [2.75, 3.05) is 40.6 Å². The fourth-order valence-corrected chi connectivity index (χ4v) is 5.01. The van der Waals surface area contributed by atoms with E-state index in [0.717, 1.165) is 43.6 Å². The molecule has 8 nitrogen and oxygen atoms in total. The highest BCUT2D eigenvalue weighted by atomic mass is 16.5. The van der Waals surface area contributed by atoms with Crippen LogP contribution < -0.4 is 20.5 Å². The molecule has 0 bridgehead atoms. The number of aliphatic hydroxyl groups is 1. The van der Waals surface area contributed by atoms with E-state index in [1.165, 1.54) is 0 Å². The van der Waals surface area contributed by atoms with Crippen molar-refractivity contribution in [3.8, 4) is 11.5 Å². The normalized spacial score (nSPS) is 18.8. The average Bonchev–Trinajstić information content (AvgIpc) is 3.41. The van der Waals surface area contributed by atoms with E-state index in [1.54, 1.807) is 14.2 Å². The van der Waals surface area contributed by atoms with Crippen molar-refractivity contribution in [3.63, 3.8) is 0 Å². The fraction of sp³-hybridized carbons (Fsp3) is 0.767. The Morgan fingerprint density at radius 2 is 1.89 bits per heavy atom. The summed E-state index contributed by atoms with van der Waals surface area (Å²) < 4.78 is 22.2. The predicted octanol–water partition coefficient (Wildman–Crippen LogP) is 3.96. The number of methoxy groups -OCH3 is 2. The lowest BCUT2D eigenvalue weighted by Crippen LogP contribution is -2.43. The minimum Gasteiger partial charge on any atom is -0.493 e. The van der Waals surface area contributed by atoms with Crippen molar-refractivity contribution in [2.45, 2.75) is 84.5 Å². The van der Waals surface area contributed by atoms with Crippen LogP contribution in [0.25, 0.3) is 0 Å². The first kappa shape index (κ1) is 32.3. The maximum Gasteiger partial charge on any atom is 0.223 e. The molecule has 0 radical (unpaired) electrons. The van der Waals surface area contributed by atoms with Crippen LogP contribution in [-0.4, -0.2) is 69.8 Å². The number of carbonyl (C=O) groups excluding carboxylic acids is 1. The Kier molecular flexibility index (Phi) is 14.4. The van der Waals surface area contributed by atoms with Crippen LogP contribution in [0.1, 0.15) is 65.4 Å². The van der Waals surface area contributed by atoms with Crippen LogP contribution in [0.2, 0.25) is 0 Å². The van der Waals surface area contributed by atoms with Gasteiger partial charge in [-0.05, 0) is 67.6 Å². The summed E-state index contributed by atoms with van der Waals surface area (Å²) in [7, 11) is 3.32. The van der Waals surface area contributed by atoms with Crippen molar-refractivity contribution < 1.29 is 28.8 Å². The van der Waals surface area contributed by atoms with Gasteiger partial charge in [0.25, 0.3) is 0 Å². The second-order valence-corrected chi connectivity index (χ2v) is 11.3. The number of hydrogen-bond acceptors (Lipinski definition) is 7. The Bertz CT molecular complexity index is 812. The second kappa shape index (κ2) is 17.0. The number of aliphatic hydroxyl groups excluding tert-OH is 1. The van der Waals surface area contributed by atoms with Crippen molar-refractivity contribution >= 4 is 5.91 Å². The predicted molar refractivity (Wildman–Crippen MR) is 151 cm³/mol. The van der Waals surface area contributed by atoms with Crippen LogP contribution in [0.4, 0.5) is 0 Å². The molecule has 1 aromatic carbocycles. The summed E-state index contributed by atoms with van der Waals surface area (Å²) in [6.07, 6.45) is 3.98. The van der Waals surface area contributed by atoms with Crippen LogP contribution in [0.15, 0.2) is 18.2 Å². The molecular weight excluding hydrogens is 484 g/mol. The molecule has 0 aromatic heterocycles. The first-order valence-corrected chi connectivity index (χ1v) is 14.3. The van der Waals surface area contributed by atoms with E-state index < -0.39 is 12.1 Å². The topological polar surface area (TPSA) is 112 Å². The minimum atomic E-state index is -0.757. The van der Waals surface area contributed by atoms with E-state index >= 15 is 0 Å². The lowest BCUT2D eigenvalue weighted by atomic mass is 9.81. The summed E-state index contributed by atoms with van der Waals surface area (Å²) in [6.45, 7) is 10.9. The maximum absolute atomic E-state index is 12.9. The largest absolute Gasteiger partial charge is 0.493 e. The van der Waals surface area contributed by atoms with Gasteiger partial charge in [-0.25, -0.2) is 0 Å². The fourth-order valence-electron chi connectivity index (χ4n) is 5.01. The third-order valence-electron chi connectivity index (χ3n) is 7.65. The summed E-state index contributed by atoms with van der Waals surface area (Å²) in [5.41, 5.74) is 7.68. The Morgan fingerprint density at radius 1 is 1.13 bits per heavy atom. The van der Waals surface area contributed by atoms with Crippen molar-refractivity contribution in [1.82, 2.24) is 5.32 Å². The Hall–Kier alpha value is -1.87. The van der Waals surface area contributed by atoms with E-state index in [-0.39, 0.29) is 29.8 Å². The molecule has 1 saturated heterocycles. The van der Waals surface area contributed by atoms with E-state index in [0.29, 0.717) is 44.3 Å². The third-order valence-corrected chi connectivity index (χ3v) is 7.65. The molecule has 1 fully saturated rings. The number of nitrogens with two attached hydrogens (primary N) is 1. The molecule has 2 rings (SSSR count).